The summed E-state index contributed by atoms with van der Waals surface area (Å²) in [5.41, 5.74) is 1.93. The molecule has 3 N–H and O–H groups in total. The number of halogens is 3. The molecule has 1 aliphatic rings. The summed E-state index contributed by atoms with van der Waals surface area (Å²) in [5, 5.41) is 10.4. The highest BCUT2D eigenvalue weighted by molar-refractivity contribution is 5.99. The number of H-pyrrole nitrogens is 1. The van der Waals surface area contributed by atoms with Gasteiger partial charge in [-0.3, -0.25) is 0 Å². The van der Waals surface area contributed by atoms with Crippen molar-refractivity contribution in [2.45, 2.75) is 59.4 Å². The average Bonchev–Trinajstić information content (AvgIpc) is 3.40. The molecule has 37 heavy (non-hydrogen) atoms. The first kappa shape index (κ1) is 29.3. The third-order valence-corrected chi connectivity index (χ3v) is 4.70. The molecule has 204 valence electrons. The summed E-state index contributed by atoms with van der Waals surface area (Å²) in [4.78, 5) is 37.4. The lowest BCUT2D eigenvalue weighted by atomic mass is 10.1. The van der Waals surface area contributed by atoms with Crippen LogP contribution in [0.5, 0.6) is 11.5 Å². The van der Waals surface area contributed by atoms with Gasteiger partial charge in [0.2, 0.25) is 6.79 Å². The number of hydrogen-bond donors (Lipinski definition) is 3. The zero-order chi connectivity index (χ0) is 28.0. The second-order valence-corrected chi connectivity index (χ2v) is 8.63. The third kappa shape index (κ3) is 8.05. The highest BCUT2D eigenvalue weighted by atomic mass is 19.4. The largest absolute Gasteiger partial charge is 0.490 e. The number of carboxylic acids is 1. The molecule has 0 saturated heterocycles. The van der Waals surface area contributed by atoms with Crippen molar-refractivity contribution in [3.63, 3.8) is 0 Å². The molecule has 1 aromatic carbocycles. The molecule has 0 atom stereocenters. The van der Waals surface area contributed by atoms with E-state index >= 15 is 0 Å². The molecule has 13 heteroatoms. The summed E-state index contributed by atoms with van der Waals surface area (Å²) in [6, 6.07) is 5.50. The monoisotopic (exact) mass is 530 g/mol. The zero-order valence-corrected chi connectivity index (χ0v) is 21.0. The van der Waals surface area contributed by atoms with Crippen LogP contribution < -0.4 is 14.8 Å². The van der Waals surface area contributed by atoms with Crippen LogP contribution in [0.1, 0.15) is 66.7 Å². The van der Waals surface area contributed by atoms with E-state index in [2.05, 4.69) is 10.3 Å². The first-order chi connectivity index (χ1) is 17.2. The number of ether oxygens (including phenoxy) is 4. The van der Waals surface area contributed by atoms with E-state index < -0.39 is 29.7 Å². The Balaban J connectivity index is 0.000000604. The van der Waals surface area contributed by atoms with Gasteiger partial charge in [-0.1, -0.05) is 6.92 Å². The third-order valence-electron chi connectivity index (χ3n) is 4.70. The van der Waals surface area contributed by atoms with Crippen LogP contribution in [-0.2, 0) is 27.2 Å². The van der Waals surface area contributed by atoms with Crippen LogP contribution in [0.4, 0.5) is 18.9 Å². The number of rotatable bonds is 7. The van der Waals surface area contributed by atoms with Crippen molar-refractivity contribution in [3.8, 4) is 11.5 Å². The van der Waals surface area contributed by atoms with Gasteiger partial charge < -0.3 is 34.4 Å². The number of fused-ring (bicyclic) bond motifs is 1. The summed E-state index contributed by atoms with van der Waals surface area (Å²) in [5.74, 6) is -2.39. The molecule has 3 rings (SSSR count). The number of esters is 2. The van der Waals surface area contributed by atoms with Gasteiger partial charge in [-0.2, -0.15) is 13.2 Å². The molecule has 0 unspecified atom stereocenters. The number of aromatic nitrogens is 1. The van der Waals surface area contributed by atoms with E-state index in [0.717, 1.165) is 5.69 Å². The Morgan fingerprint density at radius 3 is 2.24 bits per heavy atom. The van der Waals surface area contributed by atoms with Crippen LogP contribution in [0.15, 0.2) is 18.2 Å². The van der Waals surface area contributed by atoms with Crippen LogP contribution in [0.25, 0.3) is 0 Å². The van der Waals surface area contributed by atoms with Crippen molar-refractivity contribution in [1.82, 2.24) is 4.98 Å². The van der Waals surface area contributed by atoms with Crippen LogP contribution in [0.2, 0.25) is 0 Å². The highest BCUT2D eigenvalue weighted by Gasteiger charge is 2.38. The van der Waals surface area contributed by atoms with E-state index in [4.69, 9.17) is 28.8 Å². The first-order valence-corrected chi connectivity index (χ1v) is 11.3. The van der Waals surface area contributed by atoms with Gasteiger partial charge in [-0.25, -0.2) is 14.4 Å². The molecule has 10 nitrogen and oxygen atoms in total. The number of alkyl halides is 3. The van der Waals surface area contributed by atoms with Gasteiger partial charge in [0, 0.05) is 17.4 Å². The minimum atomic E-state index is -5.08. The molecular weight excluding hydrogens is 501 g/mol. The molecule has 0 spiro atoms. The number of carbonyl (C=O) groups is 3. The van der Waals surface area contributed by atoms with Crippen LogP contribution in [0.3, 0.4) is 0 Å². The van der Waals surface area contributed by atoms with E-state index in [1.54, 1.807) is 27.7 Å². The summed E-state index contributed by atoms with van der Waals surface area (Å²) >= 11 is 0. The van der Waals surface area contributed by atoms with Gasteiger partial charge >= 0.3 is 24.1 Å². The summed E-state index contributed by atoms with van der Waals surface area (Å²) in [6.45, 7) is 9.74. The molecule has 0 amide bonds. The number of anilines is 1. The van der Waals surface area contributed by atoms with E-state index in [0.29, 0.717) is 34.7 Å². The minimum absolute atomic E-state index is 0.196. The van der Waals surface area contributed by atoms with Crippen molar-refractivity contribution >= 4 is 23.6 Å². The first-order valence-electron chi connectivity index (χ1n) is 11.3. The fourth-order valence-electron chi connectivity index (χ4n) is 3.23. The Labute approximate surface area is 211 Å². The Morgan fingerprint density at radius 1 is 1.08 bits per heavy atom. The normalized spacial score (nSPS) is 12.3. The smallest absolute Gasteiger partial charge is 0.475 e. The van der Waals surface area contributed by atoms with Crippen LogP contribution in [-0.4, -0.2) is 53.2 Å². The Hall–Kier alpha value is -3.90. The molecule has 2 heterocycles. The number of aliphatic carboxylic acids is 1. The SMILES string of the molecule is CCOC(=O)c1c(CNc2ccc3c(c2)OCO3)[nH]c(C(=O)OC(C)(C)C)c1CC.O=C(O)C(F)(F)F. The van der Waals surface area contributed by atoms with Gasteiger partial charge in [0.25, 0.3) is 0 Å². The van der Waals surface area contributed by atoms with Crippen molar-refractivity contribution in [2.24, 2.45) is 0 Å². The van der Waals surface area contributed by atoms with Gasteiger partial charge in [0.1, 0.15) is 11.3 Å². The fourth-order valence-corrected chi connectivity index (χ4v) is 3.23. The number of nitrogens with one attached hydrogen (secondary N) is 2. The number of carbonyl (C=O) groups excluding carboxylic acids is 2. The van der Waals surface area contributed by atoms with Crippen molar-refractivity contribution < 1.29 is 51.6 Å². The number of benzene rings is 1. The molecule has 0 aliphatic carbocycles. The maximum Gasteiger partial charge on any atom is 0.490 e. The van der Waals surface area contributed by atoms with Gasteiger partial charge in [0.05, 0.1) is 18.7 Å². The summed E-state index contributed by atoms with van der Waals surface area (Å²) in [6.07, 6.45) is -4.61. The van der Waals surface area contributed by atoms with Crippen LogP contribution >= 0.6 is 0 Å². The Kier molecular flexibility index (Phi) is 9.43. The molecule has 1 aromatic heterocycles. The predicted molar refractivity (Wildman–Crippen MR) is 125 cm³/mol. The van der Waals surface area contributed by atoms with Gasteiger partial charge in [-0.15, -0.1) is 0 Å². The second-order valence-electron chi connectivity index (χ2n) is 8.63. The second kappa shape index (κ2) is 11.9. The maximum absolute atomic E-state index is 12.7. The number of hydrogen-bond acceptors (Lipinski definition) is 8. The maximum atomic E-state index is 12.7. The molecule has 0 radical (unpaired) electrons. The topological polar surface area (TPSA) is 136 Å². The van der Waals surface area contributed by atoms with Crippen LogP contribution in [0, 0.1) is 0 Å². The minimum Gasteiger partial charge on any atom is -0.475 e. The van der Waals surface area contributed by atoms with Crippen molar-refractivity contribution in [1.29, 1.82) is 0 Å². The quantitative estimate of drug-likeness (QED) is 0.436. The highest BCUT2D eigenvalue weighted by Crippen LogP contribution is 2.34. The lowest BCUT2D eigenvalue weighted by molar-refractivity contribution is -0.192. The van der Waals surface area contributed by atoms with E-state index in [1.165, 1.54) is 0 Å². The average molecular weight is 530 g/mol. The Bertz CT molecular complexity index is 1140. The molecule has 0 saturated carbocycles. The lowest BCUT2D eigenvalue weighted by Crippen LogP contribution is -2.24. The van der Waals surface area contributed by atoms with Gasteiger partial charge in [0.15, 0.2) is 11.5 Å². The van der Waals surface area contributed by atoms with E-state index in [9.17, 15) is 22.8 Å². The lowest BCUT2D eigenvalue weighted by Gasteiger charge is -2.19. The molecule has 0 bridgehead atoms. The summed E-state index contributed by atoms with van der Waals surface area (Å²) < 4.78 is 53.2. The summed E-state index contributed by atoms with van der Waals surface area (Å²) in [7, 11) is 0. The Morgan fingerprint density at radius 2 is 1.70 bits per heavy atom. The van der Waals surface area contributed by atoms with Gasteiger partial charge in [-0.05, 0) is 51.8 Å². The predicted octanol–water partition coefficient (Wildman–Crippen LogP) is 4.68. The molecule has 0 fully saturated rings. The molecule has 2 aromatic rings. The van der Waals surface area contributed by atoms with Crippen molar-refractivity contribution in [3.05, 3.63) is 40.7 Å². The molecular formula is C24H29F3N2O8. The van der Waals surface area contributed by atoms with E-state index in [1.807, 2.05) is 25.1 Å². The standard InChI is InChI=1S/C22H28N2O6.C2HF3O2/c1-6-14-18(20(25)27-7-2)15(24-19(14)21(26)30-22(3,4)5)11-23-13-8-9-16-17(10-13)29-12-28-16;3-2(4,5)1(6)7/h8-10,23-24H,6-7,11-12H2,1-5H3;(H,6,7). The number of carboxylic acid groups (broad SMARTS) is 1. The molecule has 1 aliphatic heterocycles. The fraction of sp³-hybridized carbons (Fsp3) is 0.458. The zero-order valence-electron chi connectivity index (χ0n) is 21.0. The number of aromatic amines is 1. The van der Waals surface area contributed by atoms with Crippen molar-refractivity contribution in [2.75, 3.05) is 18.7 Å². The van der Waals surface area contributed by atoms with E-state index in [-0.39, 0.29) is 25.6 Å².